The molecule has 2 amide bonds. The van der Waals surface area contributed by atoms with Gasteiger partial charge in [-0.1, -0.05) is 29.5 Å². The standard InChI is InChI=1S/C13H16N4O2S/c1-9(10-6-4-5-7-11(10)19-3)17(2)13(18)15-12-16-14-8-20-12/h4-9H,1-3H3,(H,15,16,18)/t9-/m1/s1. The fourth-order valence-electron chi connectivity index (χ4n) is 1.80. The van der Waals surface area contributed by atoms with Gasteiger partial charge in [-0.3, -0.25) is 5.32 Å². The van der Waals surface area contributed by atoms with Gasteiger partial charge in [-0.25, -0.2) is 4.79 Å². The normalized spacial score (nSPS) is 11.8. The van der Waals surface area contributed by atoms with Crippen molar-refractivity contribution in [3.8, 4) is 5.75 Å². The van der Waals surface area contributed by atoms with E-state index in [9.17, 15) is 4.79 Å². The first-order chi connectivity index (χ1) is 9.63. The topological polar surface area (TPSA) is 67.3 Å². The van der Waals surface area contributed by atoms with Crippen LogP contribution in [0.4, 0.5) is 9.93 Å². The molecule has 2 aromatic rings. The monoisotopic (exact) mass is 292 g/mol. The van der Waals surface area contributed by atoms with Gasteiger partial charge in [-0.2, -0.15) is 0 Å². The zero-order valence-electron chi connectivity index (χ0n) is 11.5. The lowest BCUT2D eigenvalue weighted by molar-refractivity contribution is 0.207. The van der Waals surface area contributed by atoms with E-state index >= 15 is 0 Å². The fourth-order valence-corrected chi connectivity index (χ4v) is 2.24. The first kappa shape index (κ1) is 14.3. The molecule has 0 saturated heterocycles. The number of para-hydroxylation sites is 1. The highest BCUT2D eigenvalue weighted by Gasteiger charge is 2.20. The van der Waals surface area contributed by atoms with Gasteiger partial charge >= 0.3 is 6.03 Å². The second-order valence-corrected chi connectivity index (χ2v) is 5.04. The molecule has 0 saturated carbocycles. The van der Waals surface area contributed by atoms with Crippen molar-refractivity contribution in [1.29, 1.82) is 0 Å². The Kier molecular flexibility index (Phi) is 4.52. The lowest BCUT2D eigenvalue weighted by Crippen LogP contribution is -2.33. The van der Waals surface area contributed by atoms with E-state index in [1.54, 1.807) is 24.6 Å². The number of hydrogen-bond acceptors (Lipinski definition) is 5. The van der Waals surface area contributed by atoms with E-state index in [2.05, 4.69) is 15.5 Å². The Morgan fingerprint density at radius 2 is 2.20 bits per heavy atom. The molecule has 1 atom stereocenters. The Morgan fingerprint density at radius 3 is 2.85 bits per heavy atom. The van der Waals surface area contributed by atoms with Gasteiger partial charge in [0.2, 0.25) is 5.13 Å². The van der Waals surface area contributed by atoms with E-state index < -0.39 is 0 Å². The molecule has 106 valence electrons. The molecule has 0 aliphatic rings. The van der Waals surface area contributed by atoms with E-state index in [-0.39, 0.29) is 12.1 Å². The predicted molar refractivity (Wildman–Crippen MR) is 78.1 cm³/mol. The molecule has 1 aromatic heterocycles. The summed E-state index contributed by atoms with van der Waals surface area (Å²) in [6.45, 7) is 1.94. The highest BCUT2D eigenvalue weighted by Crippen LogP contribution is 2.28. The summed E-state index contributed by atoms with van der Waals surface area (Å²) in [5, 5.41) is 10.7. The number of aromatic nitrogens is 2. The van der Waals surface area contributed by atoms with Crippen LogP contribution in [0.25, 0.3) is 0 Å². The minimum atomic E-state index is -0.236. The molecule has 0 spiro atoms. The van der Waals surface area contributed by atoms with Crippen molar-refractivity contribution in [2.75, 3.05) is 19.5 Å². The number of amides is 2. The third kappa shape index (κ3) is 3.05. The number of urea groups is 1. The molecule has 6 nitrogen and oxygen atoms in total. The van der Waals surface area contributed by atoms with Gasteiger partial charge in [-0.05, 0) is 13.0 Å². The van der Waals surface area contributed by atoms with Crippen molar-refractivity contribution in [2.24, 2.45) is 0 Å². The van der Waals surface area contributed by atoms with Gasteiger partial charge in [0.25, 0.3) is 0 Å². The van der Waals surface area contributed by atoms with Gasteiger partial charge in [0.15, 0.2) is 0 Å². The number of nitrogens with one attached hydrogen (secondary N) is 1. The predicted octanol–water partition coefficient (Wildman–Crippen LogP) is 2.77. The molecule has 0 fully saturated rings. The summed E-state index contributed by atoms with van der Waals surface area (Å²) in [7, 11) is 3.35. The van der Waals surface area contributed by atoms with Crippen LogP contribution in [0.2, 0.25) is 0 Å². The fraction of sp³-hybridized carbons (Fsp3) is 0.308. The third-order valence-electron chi connectivity index (χ3n) is 3.06. The quantitative estimate of drug-likeness (QED) is 0.941. The van der Waals surface area contributed by atoms with Crippen LogP contribution < -0.4 is 10.1 Å². The average Bonchev–Trinajstić information content (AvgIpc) is 2.98. The molecule has 1 N–H and O–H groups in total. The van der Waals surface area contributed by atoms with Gasteiger partial charge in [0.05, 0.1) is 13.2 Å². The van der Waals surface area contributed by atoms with Gasteiger partial charge in [-0.15, -0.1) is 10.2 Å². The molecule has 1 heterocycles. The second-order valence-electron chi connectivity index (χ2n) is 4.20. The maximum Gasteiger partial charge on any atom is 0.323 e. The van der Waals surface area contributed by atoms with Gasteiger partial charge < -0.3 is 9.64 Å². The van der Waals surface area contributed by atoms with Crippen LogP contribution in [-0.2, 0) is 0 Å². The number of rotatable bonds is 4. The summed E-state index contributed by atoms with van der Waals surface area (Å²) < 4.78 is 5.32. The van der Waals surface area contributed by atoms with Gasteiger partial charge in [0, 0.05) is 12.6 Å². The molecule has 20 heavy (non-hydrogen) atoms. The van der Waals surface area contributed by atoms with E-state index in [1.165, 1.54) is 11.3 Å². The molecular formula is C13H16N4O2S. The Labute approximate surface area is 121 Å². The summed E-state index contributed by atoms with van der Waals surface area (Å²) in [6.07, 6.45) is 0. The van der Waals surface area contributed by atoms with Crippen LogP contribution in [-0.4, -0.2) is 35.3 Å². The first-order valence-electron chi connectivity index (χ1n) is 6.06. The number of carbonyl (C=O) groups excluding carboxylic acids is 1. The summed E-state index contributed by atoms with van der Waals surface area (Å²) in [4.78, 5) is 13.7. The van der Waals surface area contributed by atoms with Crippen LogP contribution >= 0.6 is 11.3 Å². The molecule has 0 aliphatic carbocycles. The van der Waals surface area contributed by atoms with Crippen LogP contribution in [0.5, 0.6) is 5.75 Å². The molecule has 7 heteroatoms. The van der Waals surface area contributed by atoms with Crippen molar-refractivity contribution in [3.05, 3.63) is 35.3 Å². The van der Waals surface area contributed by atoms with Crippen molar-refractivity contribution >= 4 is 22.5 Å². The number of methoxy groups -OCH3 is 1. The third-order valence-corrected chi connectivity index (χ3v) is 3.67. The lowest BCUT2D eigenvalue weighted by atomic mass is 10.1. The van der Waals surface area contributed by atoms with Crippen LogP contribution in [0.15, 0.2) is 29.8 Å². The minimum absolute atomic E-state index is 0.126. The summed E-state index contributed by atoms with van der Waals surface area (Å²) in [6, 6.07) is 7.28. The molecule has 2 rings (SSSR count). The molecule has 0 aliphatic heterocycles. The Morgan fingerprint density at radius 1 is 1.45 bits per heavy atom. The number of nitrogens with zero attached hydrogens (tertiary/aromatic N) is 3. The Hall–Kier alpha value is -2.15. The zero-order chi connectivity index (χ0) is 14.5. The number of benzene rings is 1. The summed E-state index contributed by atoms with van der Waals surface area (Å²) >= 11 is 1.28. The second kappa shape index (κ2) is 6.33. The number of hydrogen-bond donors (Lipinski definition) is 1. The van der Waals surface area contributed by atoms with Crippen molar-refractivity contribution < 1.29 is 9.53 Å². The summed E-state index contributed by atoms with van der Waals surface area (Å²) in [5.74, 6) is 0.760. The average molecular weight is 292 g/mol. The van der Waals surface area contributed by atoms with Crippen LogP contribution in [0, 0.1) is 0 Å². The van der Waals surface area contributed by atoms with E-state index in [0.717, 1.165) is 11.3 Å². The molecule has 0 unspecified atom stereocenters. The Balaban J connectivity index is 2.11. The van der Waals surface area contributed by atoms with E-state index in [4.69, 9.17) is 4.74 Å². The highest BCUT2D eigenvalue weighted by molar-refractivity contribution is 7.13. The number of ether oxygens (including phenoxy) is 1. The van der Waals surface area contributed by atoms with Crippen molar-refractivity contribution in [1.82, 2.24) is 15.1 Å². The molecule has 0 bridgehead atoms. The van der Waals surface area contributed by atoms with E-state index in [0.29, 0.717) is 5.13 Å². The lowest BCUT2D eigenvalue weighted by Gasteiger charge is -2.26. The minimum Gasteiger partial charge on any atom is -0.496 e. The largest absolute Gasteiger partial charge is 0.496 e. The zero-order valence-corrected chi connectivity index (χ0v) is 12.3. The van der Waals surface area contributed by atoms with Crippen LogP contribution in [0.1, 0.15) is 18.5 Å². The van der Waals surface area contributed by atoms with Crippen LogP contribution in [0.3, 0.4) is 0 Å². The van der Waals surface area contributed by atoms with E-state index in [1.807, 2.05) is 31.2 Å². The van der Waals surface area contributed by atoms with Crippen molar-refractivity contribution in [3.63, 3.8) is 0 Å². The number of carbonyl (C=O) groups is 1. The number of anilines is 1. The maximum atomic E-state index is 12.1. The Bertz CT molecular complexity index is 574. The summed E-state index contributed by atoms with van der Waals surface area (Å²) in [5.41, 5.74) is 2.52. The SMILES string of the molecule is COc1ccccc1[C@@H](C)N(C)C(=O)Nc1nncs1. The van der Waals surface area contributed by atoms with Crippen molar-refractivity contribution in [2.45, 2.75) is 13.0 Å². The molecular weight excluding hydrogens is 276 g/mol. The first-order valence-corrected chi connectivity index (χ1v) is 6.94. The smallest absolute Gasteiger partial charge is 0.323 e. The maximum absolute atomic E-state index is 12.1. The highest BCUT2D eigenvalue weighted by atomic mass is 32.1. The molecule has 1 aromatic carbocycles. The molecule has 0 radical (unpaired) electrons. The van der Waals surface area contributed by atoms with Gasteiger partial charge in [0.1, 0.15) is 11.3 Å².